The maximum Gasteiger partial charge on any atom is 0.251 e. The summed E-state index contributed by atoms with van der Waals surface area (Å²) in [5.41, 5.74) is 3.37. The first-order valence-corrected chi connectivity index (χ1v) is 10.1. The quantitative estimate of drug-likeness (QED) is 0.562. The van der Waals surface area contributed by atoms with Crippen molar-refractivity contribution >= 4 is 5.91 Å². The van der Waals surface area contributed by atoms with Crippen LogP contribution in [0.1, 0.15) is 39.0 Å². The van der Waals surface area contributed by atoms with Crippen LogP contribution in [0.4, 0.5) is 0 Å². The molecular formula is C24H29N3O4. The molecule has 1 N–H and O–H groups in total. The predicted molar refractivity (Wildman–Crippen MR) is 119 cm³/mol. The molecule has 3 rings (SSSR count). The van der Waals surface area contributed by atoms with E-state index in [0.717, 1.165) is 28.3 Å². The second-order valence-corrected chi connectivity index (χ2v) is 7.58. The van der Waals surface area contributed by atoms with Crippen LogP contribution in [0, 0.1) is 13.8 Å². The molecule has 0 aliphatic heterocycles. The summed E-state index contributed by atoms with van der Waals surface area (Å²) in [7, 11) is 5.62. The largest absolute Gasteiger partial charge is 0.497 e. The topological polar surface area (TPSA) is 76.8 Å². The number of carbonyl (C=O) groups is 1. The van der Waals surface area contributed by atoms with Crippen LogP contribution in [0.3, 0.4) is 0 Å². The first-order chi connectivity index (χ1) is 14.9. The Morgan fingerprint density at radius 1 is 1.13 bits per heavy atom. The van der Waals surface area contributed by atoms with Gasteiger partial charge in [-0.3, -0.25) is 4.79 Å². The van der Waals surface area contributed by atoms with E-state index < -0.39 is 0 Å². The average Bonchev–Trinajstić information content (AvgIpc) is 3.10. The molecule has 2 aromatic carbocycles. The van der Waals surface area contributed by atoms with Gasteiger partial charge in [-0.25, -0.2) is 0 Å². The van der Waals surface area contributed by atoms with E-state index >= 15 is 0 Å². The summed E-state index contributed by atoms with van der Waals surface area (Å²) >= 11 is 0. The van der Waals surface area contributed by atoms with Crippen LogP contribution in [-0.4, -0.2) is 43.7 Å². The van der Waals surface area contributed by atoms with Crippen molar-refractivity contribution in [2.45, 2.75) is 26.5 Å². The first kappa shape index (κ1) is 22.4. The average molecular weight is 424 g/mol. The zero-order valence-corrected chi connectivity index (χ0v) is 18.6. The lowest BCUT2D eigenvalue weighted by Gasteiger charge is -2.25. The second kappa shape index (κ2) is 10.1. The van der Waals surface area contributed by atoms with E-state index in [9.17, 15) is 4.79 Å². The van der Waals surface area contributed by atoms with Crippen molar-refractivity contribution < 1.29 is 18.8 Å². The number of likely N-dealkylation sites (N-methyl/N-ethyl adjacent to an activating group) is 1. The van der Waals surface area contributed by atoms with Gasteiger partial charge in [-0.1, -0.05) is 23.4 Å². The Morgan fingerprint density at radius 2 is 1.87 bits per heavy atom. The van der Waals surface area contributed by atoms with Gasteiger partial charge in [0.1, 0.15) is 23.9 Å². The molecule has 1 amide bonds. The number of benzene rings is 2. The van der Waals surface area contributed by atoms with E-state index in [1.807, 2.05) is 64.3 Å². The van der Waals surface area contributed by atoms with Crippen molar-refractivity contribution in [3.63, 3.8) is 0 Å². The number of rotatable bonds is 9. The highest BCUT2D eigenvalue weighted by Crippen LogP contribution is 2.22. The molecule has 0 radical (unpaired) electrons. The molecule has 0 aliphatic carbocycles. The van der Waals surface area contributed by atoms with Gasteiger partial charge in [0.15, 0.2) is 0 Å². The minimum atomic E-state index is -0.150. The maximum atomic E-state index is 12.8. The minimum Gasteiger partial charge on any atom is -0.497 e. The number of ether oxygens (including phenoxy) is 2. The van der Waals surface area contributed by atoms with Gasteiger partial charge >= 0.3 is 0 Å². The fourth-order valence-corrected chi connectivity index (χ4v) is 3.31. The van der Waals surface area contributed by atoms with Crippen LogP contribution in [0.15, 0.2) is 53.1 Å². The van der Waals surface area contributed by atoms with E-state index in [0.29, 0.717) is 24.5 Å². The number of carbonyl (C=O) groups excluding carboxylic acids is 1. The monoisotopic (exact) mass is 423 g/mol. The van der Waals surface area contributed by atoms with Gasteiger partial charge in [0, 0.05) is 12.1 Å². The van der Waals surface area contributed by atoms with Crippen molar-refractivity contribution in [2.24, 2.45) is 0 Å². The van der Waals surface area contributed by atoms with Gasteiger partial charge in [0.05, 0.1) is 24.4 Å². The zero-order valence-electron chi connectivity index (χ0n) is 18.6. The fourth-order valence-electron chi connectivity index (χ4n) is 3.31. The van der Waals surface area contributed by atoms with Crippen molar-refractivity contribution in [3.8, 4) is 11.5 Å². The SMILES string of the molecule is COc1ccc(C(CNC(=O)c2cccc(OCc3c(C)noc3C)c2)N(C)C)cc1. The molecule has 0 saturated heterocycles. The maximum absolute atomic E-state index is 12.8. The van der Waals surface area contributed by atoms with Gasteiger partial charge in [-0.05, 0) is 63.8 Å². The molecule has 0 spiro atoms. The smallest absolute Gasteiger partial charge is 0.251 e. The molecular weight excluding hydrogens is 394 g/mol. The molecule has 3 aromatic rings. The molecule has 1 aromatic heterocycles. The third-order valence-corrected chi connectivity index (χ3v) is 5.24. The van der Waals surface area contributed by atoms with Gasteiger partial charge in [0.25, 0.3) is 5.91 Å². The first-order valence-electron chi connectivity index (χ1n) is 10.1. The number of nitrogens with one attached hydrogen (secondary N) is 1. The Morgan fingerprint density at radius 3 is 2.48 bits per heavy atom. The lowest BCUT2D eigenvalue weighted by atomic mass is 10.1. The highest BCUT2D eigenvalue weighted by Gasteiger charge is 2.17. The molecule has 0 aliphatic rings. The lowest BCUT2D eigenvalue weighted by molar-refractivity contribution is 0.0941. The lowest BCUT2D eigenvalue weighted by Crippen LogP contribution is -2.34. The van der Waals surface area contributed by atoms with Gasteiger partial charge in [-0.15, -0.1) is 0 Å². The number of aromatic nitrogens is 1. The summed E-state index contributed by atoms with van der Waals surface area (Å²) in [4.78, 5) is 14.8. The van der Waals surface area contributed by atoms with Gasteiger partial charge in [-0.2, -0.15) is 0 Å². The van der Waals surface area contributed by atoms with Crippen molar-refractivity contribution in [3.05, 3.63) is 76.7 Å². The summed E-state index contributed by atoms with van der Waals surface area (Å²) in [5.74, 6) is 2.01. The Labute approximate surface area is 182 Å². The highest BCUT2D eigenvalue weighted by molar-refractivity contribution is 5.94. The molecule has 0 bridgehead atoms. The number of methoxy groups -OCH3 is 1. The summed E-state index contributed by atoms with van der Waals surface area (Å²) in [6, 6.07) is 15.1. The minimum absolute atomic E-state index is 0.0360. The number of nitrogens with zero attached hydrogens (tertiary/aromatic N) is 2. The van der Waals surface area contributed by atoms with Crippen LogP contribution >= 0.6 is 0 Å². The Balaban J connectivity index is 1.63. The molecule has 31 heavy (non-hydrogen) atoms. The van der Waals surface area contributed by atoms with E-state index in [1.165, 1.54) is 0 Å². The molecule has 164 valence electrons. The van der Waals surface area contributed by atoms with Gasteiger partial charge < -0.3 is 24.2 Å². The van der Waals surface area contributed by atoms with E-state index in [-0.39, 0.29) is 11.9 Å². The van der Waals surface area contributed by atoms with Crippen LogP contribution in [0.25, 0.3) is 0 Å². The van der Waals surface area contributed by atoms with Crippen molar-refractivity contribution in [1.82, 2.24) is 15.4 Å². The third-order valence-electron chi connectivity index (χ3n) is 5.24. The van der Waals surface area contributed by atoms with Crippen LogP contribution in [0.5, 0.6) is 11.5 Å². The highest BCUT2D eigenvalue weighted by atomic mass is 16.5. The van der Waals surface area contributed by atoms with Crippen molar-refractivity contribution in [1.29, 1.82) is 0 Å². The number of amides is 1. The third kappa shape index (κ3) is 5.64. The molecule has 1 unspecified atom stereocenters. The van der Waals surface area contributed by atoms with Crippen LogP contribution in [-0.2, 0) is 6.61 Å². The molecule has 1 atom stereocenters. The summed E-state index contributed by atoms with van der Waals surface area (Å²) in [6.45, 7) is 4.55. The Hall–Kier alpha value is -3.32. The summed E-state index contributed by atoms with van der Waals surface area (Å²) < 4.78 is 16.3. The Kier molecular flexibility index (Phi) is 7.31. The van der Waals surface area contributed by atoms with Crippen LogP contribution < -0.4 is 14.8 Å². The predicted octanol–water partition coefficient (Wildman–Crippen LogP) is 3.91. The number of hydrogen-bond acceptors (Lipinski definition) is 6. The standard InChI is InChI=1S/C24H29N3O4/c1-16-22(17(2)31-26-16)15-30-21-8-6-7-19(13-21)24(28)25-14-23(27(3)4)18-9-11-20(29-5)12-10-18/h6-13,23H,14-15H2,1-5H3,(H,25,28). The molecule has 0 fully saturated rings. The number of hydrogen-bond donors (Lipinski definition) is 1. The summed E-state index contributed by atoms with van der Waals surface area (Å²) in [5, 5.41) is 6.96. The molecule has 1 heterocycles. The van der Waals surface area contributed by atoms with Crippen LogP contribution in [0.2, 0.25) is 0 Å². The Bertz CT molecular complexity index is 992. The van der Waals surface area contributed by atoms with E-state index in [2.05, 4.69) is 15.4 Å². The van der Waals surface area contributed by atoms with E-state index in [1.54, 1.807) is 19.2 Å². The van der Waals surface area contributed by atoms with E-state index in [4.69, 9.17) is 14.0 Å². The molecule has 7 nitrogen and oxygen atoms in total. The second-order valence-electron chi connectivity index (χ2n) is 7.58. The van der Waals surface area contributed by atoms with Crippen molar-refractivity contribution in [2.75, 3.05) is 27.7 Å². The molecule has 0 saturated carbocycles. The van der Waals surface area contributed by atoms with Gasteiger partial charge in [0.2, 0.25) is 0 Å². The fraction of sp³-hybridized carbons (Fsp3) is 0.333. The molecule has 7 heteroatoms. The number of aryl methyl sites for hydroxylation is 2. The zero-order chi connectivity index (χ0) is 22.4. The summed E-state index contributed by atoms with van der Waals surface area (Å²) in [6.07, 6.45) is 0. The normalized spacial score (nSPS) is 11.9.